The van der Waals surface area contributed by atoms with E-state index in [4.69, 9.17) is 22.9 Å². The van der Waals surface area contributed by atoms with Crippen molar-refractivity contribution in [3.63, 3.8) is 0 Å². The van der Waals surface area contributed by atoms with Gasteiger partial charge in [-0.1, -0.05) is 6.07 Å². The largest absolute Gasteiger partial charge is 0.508 e. The third-order valence-electron chi connectivity index (χ3n) is 7.14. The highest BCUT2D eigenvalue weighted by atomic mass is 16.3. The fraction of sp³-hybridized carbons (Fsp3) is 0.633. The lowest BCUT2D eigenvalue weighted by molar-refractivity contribution is -0.131. The lowest BCUT2D eigenvalue weighted by Crippen LogP contribution is -2.49. The van der Waals surface area contributed by atoms with E-state index in [0.29, 0.717) is 38.9 Å². The van der Waals surface area contributed by atoms with Crippen LogP contribution >= 0.6 is 0 Å². The summed E-state index contributed by atoms with van der Waals surface area (Å²) in [4.78, 5) is 56.9. The summed E-state index contributed by atoms with van der Waals surface area (Å²) in [5.74, 6) is -2.37. The highest BCUT2D eigenvalue weighted by Gasteiger charge is 2.23. The summed E-state index contributed by atoms with van der Waals surface area (Å²) in [5, 5.41) is 27.4. The number of carbonyl (C=O) groups is 4. The highest BCUT2D eigenvalue weighted by Crippen LogP contribution is 2.22. The van der Waals surface area contributed by atoms with Gasteiger partial charge >= 0.3 is 0 Å². The number of nitrogens with zero attached hydrogens (tertiary/aromatic N) is 3. The quantitative estimate of drug-likeness (QED) is 0.0337. The van der Waals surface area contributed by atoms with Crippen molar-refractivity contribution < 1.29 is 29.4 Å². The standard InChI is InChI=1S/C30H54N10O6/c1-39(16-6-12-35-28(45)23(31)8-5-11-37-30(33)34)14-3-4-15-40(2)17-7-13-36-29(46)24(20-26(32)43)38-27(44)18-21-9-10-22(41)19-25(21)42/h9-10,19,23-24,41-42H,3-8,11-18,20,31H2,1-2H3,(H2,32,43)(H,35,45)(H,36,46)(H,38,44)(H4,33,34,37). The molecule has 1 aromatic carbocycles. The average Bonchev–Trinajstić information content (AvgIpc) is 2.98. The van der Waals surface area contributed by atoms with Gasteiger partial charge in [-0.3, -0.25) is 24.2 Å². The Kier molecular flexibility index (Phi) is 19.4. The Labute approximate surface area is 271 Å². The van der Waals surface area contributed by atoms with Crippen LogP contribution in [0.4, 0.5) is 0 Å². The molecule has 0 heterocycles. The molecule has 0 saturated carbocycles. The number of hydrogen-bond donors (Lipinski definition) is 9. The number of aromatic hydroxyl groups is 2. The van der Waals surface area contributed by atoms with Gasteiger partial charge in [-0.05, 0) is 84.9 Å². The number of rotatable bonds is 24. The Morgan fingerprint density at radius 2 is 1.41 bits per heavy atom. The van der Waals surface area contributed by atoms with E-state index >= 15 is 0 Å². The first-order chi connectivity index (χ1) is 21.8. The van der Waals surface area contributed by atoms with Crippen molar-refractivity contribution in [2.45, 2.75) is 63.5 Å². The lowest BCUT2D eigenvalue weighted by Gasteiger charge is -2.20. The topological polar surface area (TPSA) is 268 Å². The van der Waals surface area contributed by atoms with E-state index in [1.165, 1.54) is 12.1 Å². The number of phenolic OH excluding ortho intramolecular Hbond substituents is 2. The molecular weight excluding hydrogens is 596 g/mol. The van der Waals surface area contributed by atoms with Crippen LogP contribution in [0.1, 0.15) is 50.5 Å². The fourth-order valence-electron chi connectivity index (χ4n) is 4.54. The zero-order chi connectivity index (χ0) is 34.5. The van der Waals surface area contributed by atoms with Crippen LogP contribution in [-0.2, 0) is 25.6 Å². The highest BCUT2D eigenvalue weighted by molar-refractivity contribution is 5.92. The molecule has 46 heavy (non-hydrogen) atoms. The molecule has 0 radical (unpaired) electrons. The van der Waals surface area contributed by atoms with Gasteiger partial charge in [-0.15, -0.1) is 0 Å². The molecule has 0 aliphatic carbocycles. The van der Waals surface area contributed by atoms with Crippen molar-refractivity contribution in [3.8, 4) is 11.5 Å². The Bertz CT molecular complexity index is 1130. The van der Waals surface area contributed by atoms with E-state index in [-0.39, 0.29) is 41.8 Å². The minimum Gasteiger partial charge on any atom is -0.508 e. The predicted octanol–water partition coefficient (Wildman–Crippen LogP) is -1.96. The van der Waals surface area contributed by atoms with E-state index in [9.17, 15) is 29.4 Å². The Balaban J connectivity index is 2.20. The molecule has 0 aliphatic rings. The number of phenols is 2. The minimum absolute atomic E-state index is 0.0284. The van der Waals surface area contributed by atoms with Gasteiger partial charge in [0, 0.05) is 31.3 Å². The van der Waals surface area contributed by atoms with Crippen LogP contribution in [0.15, 0.2) is 23.2 Å². The molecule has 0 saturated heterocycles. The maximum absolute atomic E-state index is 12.7. The monoisotopic (exact) mass is 650 g/mol. The number of amides is 4. The summed E-state index contributed by atoms with van der Waals surface area (Å²) in [5.41, 5.74) is 22.0. The SMILES string of the molecule is CN(CCCCN(C)CCCNC(=O)C(CC(N)=O)NC(=O)Cc1ccc(O)cc1O)CCCNC(=O)C(N)CCCN=C(N)N. The maximum Gasteiger partial charge on any atom is 0.243 e. The van der Waals surface area contributed by atoms with Crippen molar-refractivity contribution >= 4 is 29.6 Å². The second-order valence-electron chi connectivity index (χ2n) is 11.4. The Morgan fingerprint density at radius 1 is 0.848 bits per heavy atom. The summed E-state index contributed by atoms with van der Waals surface area (Å²) in [6.07, 6.45) is 4.06. The van der Waals surface area contributed by atoms with E-state index in [1.807, 2.05) is 7.05 Å². The Morgan fingerprint density at radius 3 is 1.96 bits per heavy atom. The summed E-state index contributed by atoms with van der Waals surface area (Å²) in [6, 6.07) is 2.12. The second kappa shape index (κ2) is 22.4. The molecule has 13 N–H and O–H groups in total. The van der Waals surface area contributed by atoms with E-state index in [1.54, 1.807) is 0 Å². The number of primary amides is 1. The van der Waals surface area contributed by atoms with Crippen LogP contribution in [0.5, 0.6) is 11.5 Å². The van der Waals surface area contributed by atoms with Crippen LogP contribution in [0, 0.1) is 0 Å². The van der Waals surface area contributed by atoms with Crippen LogP contribution in [0.2, 0.25) is 0 Å². The zero-order valence-corrected chi connectivity index (χ0v) is 27.2. The molecule has 16 heteroatoms. The van der Waals surface area contributed by atoms with E-state index in [2.05, 4.69) is 37.8 Å². The van der Waals surface area contributed by atoms with Gasteiger partial charge in [0.15, 0.2) is 5.96 Å². The zero-order valence-electron chi connectivity index (χ0n) is 27.2. The molecule has 2 atom stereocenters. The first kappa shape index (κ1) is 39.9. The summed E-state index contributed by atoms with van der Waals surface area (Å²) >= 11 is 0. The Hall–Kier alpha value is -4.15. The summed E-state index contributed by atoms with van der Waals surface area (Å²) in [7, 11) is 4.06. The molecule has 1 rings (SSSR count). The van der Waals surface area contributed by atoms with E-state index in [0.717, 1.165) is 51.5 Å². The number of benzene rings is 1. The molecule has 4 amide bonds. The van der Waals surface area contributed by atoms with Gasteiger partial charge in [0.1, 0.15) is 17.5 Å². The van der Waals surface area contributed by atoms with Crippen molar-refractivity contribution in [2.75, 3.05) is 59.9 Å². The molecule has 0 fully saturated rings. The smallest absolute Gasteiger partial charge is 0.243 e. The number of guanidine groups is 1. The van der Waals surface area contributed by atoms with Crippen molar-refractivity contribution in [3.05, 3.63) is 23.8 Å². The third kappa shape index (κ3) is 18.6. The van der Waals surface area contributed by atoms with Crippen LogP contribution in [-0.4, -0.2) is 122 Å². The average molecular weight is 651 g/mol. The number of nitrogens with two attached hydrogens (primary N) is 4. The first-order valence-electron chi connectivity index (χ1n) is 15.6. The predicted molar refractivity (Wildman–Crippen MR) is 177 cm³/mol. The van der Waals surface area contributed by atoms with Crippen molar-refractivity contribution in [1.29, 1.82) is 0 Å². The van der Waals surface area contributed by atoms with Crippen molar-refractivity contribution in [2.24, 2.45) is 27.9 Å². The van der Waals surface area contributed by atoms with Gasteiger partial charge in [0.05, 0.1) is 18.9 Å². The van der Waals surface area contributed by atoms with Gasteiger partial charge in [0.2, 0.25) is 23.6 Å². The molecular formula is C30H54N10O6. The van der Waals surface area contributed by atoms with Crippen LogP contribution in [0.25, 0.3) is 0 Å². The molecule has 2 unspecified atom stereocenters. The van der Waals surface area contributed by atoms with Crippen LogP contribution < -0.4 is 38.9 Å². The summed E-state index contributed by atoms with van der Waals surface area (Å²) < 4.78 is 0. The number of nitrogens with one attached hydrogen (secondary N) is 3. The molecule has 260 valence electrons. The van der Waals surface area contributed by atoms with Gasteiger partial charge < -0.3 is 58.9 Å². The van der Waals surface area contributed by atoms with Gasteiger partial charge in [-0.2, -0.15) is 0 Å². The number of carbonyl (C=O) groups excluding carboxylic acids is 4. The fourth-order valence-corrected chi connectivity index (χ4v) is 4.54. The molecule has 16 nitrogen and oxygen atoms in total. The molecule has 0 bridgehead atoms. The maximum atomic E-state index is 12.7. The van der Waals surface area contributed by atoms with Gasteiger partial charge in [0.25, 0.3) is 0 Å². The van der Waals surface area contributed by atoms with Gasteiger partial charge in [-0.25, -0.2) is 0 Å². The van der Waals surface area contributed by atoms with E-state index < -0.39 is 29.8 Å². The first-order valence-corrected chi connectivity index (χ1v) is 15.6. The molecule has 1 aromatic rings. The number of hydrogen-bond acceptors (Lipinski definition) is 10. The second-order valence-corrected chi connectivity index (χ2v) is 11.4. The lowest BCUT2D eigenvalue weighted by atomic mass is 10.1. The number of aliphatic imine (C=N–C) groups is 1. The normalized spacial score (nSPS) is 12.4. The summed E-state index contributed by atoms with van der Waals surface area (Å²) in [6.45, 7) is 4.79. The third-order valence-corrected chi connectivity index (χ3v) is 7.14. The van der Waals surface area contributed by atoms with Crippen molar-refractivity contribution in [1.82, 2.24) is 25.8 Å². The number of unbranched alkanes of at least 4 members (excludes halogenated alkanes) is 1. The minimum atomic E-state index is -1.14. The molecule has 0 spiro atoms. The molecule has 0 aromatic heterocycles. The molecule has 0 aliphatic heterocycles. The van der Waals surface area contributed by atoms with Crippen LogP contribution in [0.3, 0.4) is 0 Å².